The zero-order chi connectivity index (χ0) is 18.7. The largest absolute Gasteiger partial charge is 0.465 e. The fraction of sp³-hybridized carbons (Fsp3) is 0.222. The van der Waals surface area contributed by atoms with E-state index in [1.807, 2.05) is 0 Å². The molecule has 0 unspecified atom stereocenters. The molecule has 0 atom stereocenters. The molecular weight excluding hydrogens is 356 g/mol. The molecular formula is C18H16N2O5S. The van der Waals surface area contributed by atoms with E-state index >= 15 is 0 Å². The standard InChI is InChI=1S/C18H16N2O5S/c1-25-18(22)16-13-3-2-4-14(13)26-17(16)19-15(21)10-7-11-5-8-12(9-6-11)20(23)24/h5-10H,2-4H2,1H3,(H,19,21). The normalized spacial score (nSPS) is 12.8. The summed E-state index contributed by atoms with van der Waals surface area (Å²) in [5.41, 5.74) is 2.06. The van der Waals surface area contributed by atoms with Crippen LogP contribution in [0.15, 0.2) is 30.3 Å². The number of amides is 1. The number of esters is 1. The van der Waals surface area contributed by atoms with E-state index in [4.69, 9.17) is 4.74 Å². The van der Waals surface area contributed by atoms with E-state index in [-0.39, 0.29) is 11.6 Å². The van der Waals surface area contributed by atoms with Gasteiger partial charge in [-0.2, -0.15) is 0 Å². The van der Waals surface area contributed by atoms with E-state index in [9.17, 15) is 19.7 Å². The second-order valence-corrected chi connectivity index (χ2v) is 6.83. The van der Waals surface area contributed by atoms with Gasteiger partial charge in [-0.25, -0.2) is 4.79 Å². The molecule has 1 aliphatic carbocycles. The average Bonchev–Trinajstić information content (AvgIpc) is 3.20. The van der Waals surface area contributed by atoms with Crippen molar-refractivity contribution in [2.45, 2.75) is 19.3 Å². The third-order valence-electron chi connectivity index (χ3n) is 4.08. The molecule has 0 aliphatic heterocycles. The molecule has 8 heteroatoms. The first kappa shape index (κ1) is 17.8. The van der Waals surface area contributed by atoms with E-state index in [2.05, 4.69) is 5.32 Å². The van der Waals surface area contributed by atoms with Crippen LogP contribution < -0.4 is 5.32 Å². The van der Waals surface area contributed by atoms with Crippen molar-refractivity contribution in [3.63, 3.8) is 0 Å². The molecule has 0 saturated carbocycles. The van der Waals surface area contributed by atoms with Crippen molar-refractivity contribution in [3.05, 3.63) is 62.0 Å². The minimum absolute atomic E-state index is 0.0116. The summed E-state index contributed by atoms with van der Waals surface area (Å²) in [5.74, 6) is -0.826. The zero-order valence-electron chi connectivity index (χ0n) is 14.0. The molecule has 1 aromatic carbocycles. The van der Waals surface area contributed by atoms with Crippen LogP contribution >= 0.6 is 11.3 Å². The lowest BCUT2D eigenvalue weighted by atomic mass is 10.1. The van der Waals surface area contributed by atoms with Crippen molar-refractivity contribution >= 4 is 40.0 Å². The molecule has 1 amide bonds. The van der Waals surface area contributed by atoms with Gasteiger partial charge in [0.2, 0.25) is 5.91 Å². The highest BCUT2D eigenvalue weighted by atomic mass is 32.1. The number of carbonyl (C=O) groups is 2. The third kappa shape index (κ3) is 3.65. The number of nitrogens with one attached hydrogen (secondary N) is 1. The summed E-state index contributed by atoms with van der Waals surface area (Å²) in [6, 6.07) is 5.86. The quantitative estimate of drug-likeness (QED) is 0.374. The van der Waals surface area contributed by atoms with E-state index < -0.39 is 10.9 Å². The summed E-state index contributed by atoms with van der Waals surface area (Å²) in [4.78, 5) is 35.5. The molecule has 2 aromatic rings. The predicted octanol–water partition coefficient (Wildman–Crippen LogP) is 3.58. The Morgan fingerprint density at radius 3 is 2.65 bits per heavy atom. The van der Waals surface area contributed by atoms with Crippen molar-refractivity contribution < 1.29 is 19.2 Å². The highest BCUT2D eigenvalue weighted by molar-refractivity contribution is 7.17. The number of carbonyl (C=O) groups excluding carboxylic acids is 2. The lowest BCUT2D eigenvalue weighted by Gasteiger charge is -2.05. The second-order valence-electron chi connectivity index (χ2n) is 5.72. The number of fused-ring (bicyclic) bond motifs is 1. The van der Waals surface area contributed by atoms with Crippen molar-refractivity contribution in [1.82, 2.24) is 0 Å². The van der Waals surface area contributed by atoms with Crippen LogP contribution in [0.2, 0.25) is 0 Å². The molecule has 0 fully saturated rings. The number of ether oxygens (including phenoxy) is 1. The molecule has 0 saturated heterocycles. The number of aryl methyl sites for hydroxylation is 1. The first-order valence-corrected chi connectivity index (χ1v) is 8.77. The van der Waals surface area contributed by atoms with Crippen LogP contribution in [0.25, 0.3) is 6.08 Å². The van der Waals surface area contributed by atoms with Crippen LogP contribution in [0.4, 0.5) is 10.7 Å². The molecule has 26 heavy (non-hydrogen) atoms. The lowest BCUT2D eigenvalue weighted by Crippen LogP contribution is -2.12. The topological polar surface area (TPSA) is 98.5 Å². The van der Waals surface area contributed by atoms with Gasteiger partial charge in [-0.3, -0.25) is 14.9 Å². The Bertz CT molecular complexity index is 899. The monoisotopic (exact) mass is 372 g/mol. The first-order chi connectivity index (χ1) is 12.5. The maximum atomic E-state index is 12.2. The molecule has 0 spiro atoms. The number of benzene rings is 1. The van der Waals surface area contributed by atoms with E-state index in [1.165, 1.54) is 36.7 Å². The number of rotatable bonds is 5. The summed E-state index contributed by atoms with van der Waals surface area (Å²) in [5, 5.41) is 13.9. The fourth-order valence-corrected chi connectivity index (χ4v) is 4.12. The number of hydrogen-bond acceptors (Lipinski definition) is 6. The first-order valence-electron chi connectivity index (χ1n) is 7.96. The van der Waals surface area contributed by atoms with Gasteiger partial charge in [-0.05, 0) is 48.6 Å². The Morgan fingerprint density at radius 1 is 1.27 bits per heavy atom. The molecule has 7 nitrogen and oxygen atoms in total. The molecule has 1 aromatic heterocycles. The molecule has 1 heterocycles. The molecule has 134 valence electrons. The molecule has 0 radical (unpaired) electrons. The van der Waals surface area contributed by atoms with E-state index in [0.29, 0.717) is 16.1 Å². The number of hydrogen-bond donors (Lipinski definition) is 1. The zero-order valence-corrected chi connectivity index (χ0v) is 14.8. The van der Waals surface area contributed by atoms with Crippen molar-refractivity contribution in [3.8, 4) is 0 Å². The number of non-ortho nitro benzene ring substituents is 1. The number of thiophene rings is 1. The van der Waals surface area contributed by atoms with Crippen LogP contribution in [0.5, 0.6) is 0 Å². The minimum Gasteiger partial charge on any atom is -0.465 e. The lowest BCUT2D eigenvalue weighted by molar-refractivity contribution is -0.384. The summed E-state index contributed by atoms with van der Waals surface area (Å²) in [6.45, 7) is 0. The number of nitro groups is 1. The van der Waals surface area contributed by atoms with Gasteiger partial charge in [0, 0.05) is 23.1 Å². The number of anilines is 1. The minimum atomic E-state index is -0.482. The summed E-state index contributed by atoms with van der Waals surface area (Å²) < 4.78 is 4.85. The molecule has 1 aliphatic rings. The number of nitro benzene ring substituents is 1. The number of methoxy groups -OCH3 is 1. The van der Waals surface area contributed by atoms with Crippen LogP contribution in [-0.4, -0.2) is 23.9 Å². The summed E-state index contributed by atoms with van der Waals surface area (Å²) >= 11 is 1.41. The van der Waals surface area contributed by atoms with Crippen LogP contribution in [0, 0.1) is 10.1 Å². The van der Waals surface area contributed by atoms with Crippen LogP contribution in [-0.2, 0) is 22.4 Å². The maximum absolute atomic E-state index is 12.2. The number of nitrogens with zero attached hydrogens (tertiary/aromatic N) is 1. The second kappa shape index (κ2) is 7.49. The molecule has 3 rings (SSSR count). The smallest absolute Gasteiger partial charge is 0.341 e. The van der Waals surface area contributed by atoms with Gasteiger partial charge in [0.05, 0.1) is 17.6 Å². The van der Waals surface area contributed by atoms with Gasteiger partial charge in [0.25, 0.3) is 5.69 Å². The Kier molecular flexibility index (Phi) is 5.13. The Morgan fingerprint density at radius 2 is 2.00 bits per heavy atom. The third-order valence-corrected chi connectivity index (χ3v) is 5.29. The van der Waals surface area contributed by atoms with Gasteiger partial charge >= 0.3 is 5.97 Å². The van der Waals surface area contributed by atoms with Crippen LogP contribution in [0.3, 0.4) is 0 Å². The molecule has 0 bridgehead atoms. The van der Waals surface area contributed by atoms with E-state index in [0.717, 1.165) is 29.7 Å². The Balaban J connectivity index is 1.74. The van der Waals surface area contributed by atoms with Crippen LogP contribution in [0.1, 0.15) is 32.8 Å². The van der Waals surface area contributed by atoms with Gasteiger partial charge < -0.3 is 10.1 Å². The summed E-state index contributed by atoms with van der Waals surface area (Å²) in [7, 11) is 1.32. The maximum Gasteiger partial charge on any atom is 0.341 e. The Labute approximate surface area is 153 Å². The predicted molar refractivity (Wildman–Crippen MR) is 98.4 cm³/mol. The average molecular weight is 372 g/mol. The van der Waals surface area contributed by atoms with Gasteiger partial charge in [0.1, 0.15) is 5.00 Å². The SMILES string of the molecule is COC(=O)c1c(NC(=O)C=Cc2ccc([N+](=O)[O-])cc2)sc2c1CCC2. The van der Waals surface area contributed by atoms with Crippen molar-refractivity contribution in [1.29, 1.82) is 0 Å². The fourth-order valence-electron chi connectivity index (χ4n) is 2.84. The van der Waals surface area contributed by atoms with Gasteiger partial charge in [-0.15, -0.1) is 11.3 Å². The van der Waals surface area contributed by atoms with Gasteiger partial charge in [0.15, 0.2) is 0 Å². The molecule has 1 N–H and O–H groups in total. The van der Waals surface area contributed by atoms with Gasteiger partial charge in [-0.1, -0.05) is 0 Å². The highest BCUT2D eigenvalue weighted by Gasteiger charge is 2.27. The van der Waals surface area contributed by atoms with E-state index in [1.54, 1.807) is 18.2 Å². The highest BCUT2D eigenvalue weighted by Crippen LogP contribution is 2.39. The summed E-state index contributed by atoms with van der Waals surface area (Å²) in [6.07, 6.45) is 5.59. The van der Waals surface area contributed by atoms with Crippen molar-refractivity contribution in [2.75, 3.05) is 12.4 Å². The van der Waals surface area contributed by atoms with Crippen molar-refractivity contribution in [2.24, 2.45) is 0 Å². The Hall–Kier alpha value is -3.00.